The Balaban J connectivity index is 1.91. The van der Waals surface area contributed by atoms with Crippen LogP contribution in [-0.2, 0) is 16.9 Å². The Bertz CT molecular complexity index is 732. The van der Waals surface area contributed by atoms with Crippen molar-refractivity contribution in [3.8, 4) is 0 Å². The summed E-state index contributed by atoms with van der Waals surface area (Å²) >= 11 is 3.45. The highest BCUT2D eigenvalue weighted by Crippen LogP contribution is 2.30. The molecule has 2 aromatic rings. The molecular weight excluding hydrogens is 344 g/mol. The summed E-state index contributed by atoms with van der Waals surface area (Å²) in [5.74, 6) is -0.237. The van der Waals surface area contributed by atoms with Crippen LogP contribution >= 0.6 is 15.9 Å². The van der Waals surface area contributed by atoms with Crippen molar-refractivity contribution in [1.82, 2.24) is 10.2 Å². The van der Waals surface area contributed by atoms with E-state index in [4.69, 9.17) is 0 Å². The van der Waals surface area contributed by atoms with Crippen molar-refractivity contribution in [3.05, 3.63) is 70.2 Å². The van der Waals surface area contributed by atoms with E-state index >= 15 is 0 Å². The summed E-state index contributed by atoms with van der Waals surface area (Å²) in [5, 5.41) is 2.81. The maximum atomic E-state index is 12.8. The maximum absolute atomic E-state index is 12.8. The Kier molecular flexibility index (Phi) is 3.74. The molecule has 1 unspecified atom stereocenters. The van der Waals surface area contributed by atoms with E-state index in [0.29, 0.717) is 0 Å². The molecule has 22 heavy (non-hydrogen) atoms. The Hall–Kier alpha value is -2.14. The number of nitrogens with one attached hydrogen (secondary N) is 1. The minimum absolute atomic E-state index is 0.237. The van der Waals surface area contributed by atoms with Crippen molar-refractivity contribution in [2.45, 2.75) is 19.0 Å². The first-order valence-electron chi connectivity index (χ1n) is 6.95. The van der Waals surface area contributed by atoms with Gasteiger partial charge in [0.05, 0.1) is 6.54 Å². The highest BCUT2D eigenvalue weighted by Gasteiger charge is 2.48. The minimum atomic E-state index is -1.01. The lowest BCUT2D eigenvalue weighted by Gasteiger charge is -2.22. The van der Waals surface area contributed by atoms with Gasteiger partial charge in [0.25, 0.3) is 5.91 Å². The summed E-state index contributed by atoms with van der Waals surface area (Å²) in [7, 11) is 0. The molecule has 0 aliphatic carbocycles. The van der Waals surface area contributed by atoms with Crippen LogP contribution in [-0.4, -0.2) is 16.8 Å². The number of carbonyl (C=O) groups is 2. The smallest absolute Gasteiger partial charge is 0.319 e. The standard InChI is InChI=1S/C17H15BrN2O2/c1-17(13-8-3-2-4-9-13)15(21)20(16(22)19-17)11-12-7-5-6-10-14(12)18/h2-10H,11H2,1H3,(H,19,22). The Morgan fingerprint density at radius 2 is 1.68 bits per heavy atom. The minimum Gasteiger partial charge on any atom is -0.319 e. The fourth-order valence-electron chi connectivity index (χ4n) is 2.60. The molecule has 1 saturated heterocycles. The molecule has 1 aliphatic heterocycles. The van der Waals surface area contributed by atoms with Gasteiger partial charge < -0.3 is 5.32 Å². The van der Waals surface area contributed by atoms with Gasteiger partial charge in [-0.2, -0.15) is 0 Å². The van der Waals surface area contributed by atoms with Crippen LogP contribution in [0.15, 0.2) is 59.1 Å². The summed E-state index contributed by atoms with van der Waals surface area (Å²) < 4.78 is 0.879. The monoisotopic (exact) mass is 358 g/mol. The van der Waals surface area contributed by atoms with E-state index in [2.05, 4.69) is 21.2 Å². The highest BCUT2D eigenvalue weighted by molar-refractivity contribution is 9.10. The molecule has 4 nitrogen and oxygen atoms in total. The molecule has 3 rings (SSSR count). The van der Waals surface area contributed by atoms with Crippen LogP contribution in [0.2, 0.25) is 0 Å². The first kappa shape index (κ1) is 14.8. The SMILES string of the molecule is CC1(c2ccccc2)NC(=O)N(Cc2ccccc2Br)C1=O. The molecule has 0 bridgehead atoms. The first-order valence-corrected chi connectivity index (χ1v) is 7.75. The van der Waals surface area contributed by atoms with Crippen LogP contribution in [0.5, 0.6) is 0 Å². The molecule has 0 radical (unpaired) electrons. The second-order valence-electron chi connectivity index (χ2n) is 5.40. The molecule has 1 N–H and O–H groups in total. The summed E-state index contributed by atoms with van der Waals surface area (Å²) in [6.45, 7) is 1.98. The molecule has 112 valence electrons. The van der Waals surface area contributed by atoms with Gasteiger partial charge in [0, 0.05) is 4.47 Å². The van der Waals surface area contributed by atoms with E-state index in [0.717, 1.165) is 15.6 Å². The summed E-state index contributed by atoms with van der Waals surface area (Å²) in [5.41, 5.74) is 0.658. The third-order valence-electron chi connectivity index (χ3n) is 3.91. The van der Waals surface area contributed by atoms with Gasteiger partial charge in [0.1, 0.15) is 5.54 Å². The predicted molar refractivity (Wildman–Crippen MR) is 87.0 cm³/mol. The van der Waals surface area contributed by atoms with Crippen molar-refractivity contribution in [1.29, 1.82) is 0 Å². The van der Waals surface area contributed by atoms with Gasteiger partial charge in [-0.25, -0.2) is 4.79 Å². The number of rotatable bonds is 3. The van der Waals surface area contributed by atoms with Gasteiger partial charge in [-0.1, -0.05) is 64.5 Å². The number of imide groups is 1. The topological polar surface area (TPSA) is 49.4 Å². The van der Waals surface area contributed by atoms with Gasteiger partial charge in [-0.15, -0.1) is 0 Å². The van der Waals surface area contributed by atoms with E-state index in [1.807, 2.05) is 54.6 Å². The van der Waals surface area contributed by atoms with Crippen LogP contribution in [0.3, 0.4) is 0 Å². The van der Waals surface area contributed by atoms with Crippen LogP contribution in [0.25, 0.3) is 0 Å². The average Bonchev–Trinajstić information content (AvgIpc) is 2.75. The summed E-state index contributed by atoms with van der Waals surface area (Å²) in [6.07, 6.45) is 0. The summed E-state index contributed by atoms with van der Waals surface area (Å²) in [6, 6.07) is 16.5. The van der Waals surface area contributed by atoms with Gasteiger partial charge in [0.15, 0.2) is 0 Å². The molecule has 1 fully saturated rings. The Morgan fingerprint density at radius 1 is 1.05 bits per heavy atom. The van der Waals surface area contributed by atoms with E-state index < -0.39 is 5.54 Å². The highest BCUT2D eigenvalue weighted by atomic mass is 79.9. The van der Waals surface area contributed by atoms with E-state index in [1.165, 1.54) is 4.90 Å². The second-order valence-corrected chi connectivity index (χ2v) is 6.26. The van der Waals surface area contributed by atoms with Gasteiger partial charge >= 0.3 is 6.03 Å². The number of amides is 3. The van der Waals surface area contributed by atoms with Gasteiger partial charge in [-0.05, 0) is 24.1 Å². The van der Waals surface area contributed by atoms with Crippen LogP contribution in [0.4, 0.5) is 4.79 Å². The molecule has 1 aliphatic rings. The third kappa shape index (κ3) is 2.41. The average molecular weight is 359 g/mol. The molecule has 5 heteroatoms. The molecule has 2 aromatic carbocycles. The number of nitrogens with zero attached hydrogens (tertiary/aromatic N) is 1. The molecule has 3 amide bonds. The van der Waals surface area contributed by atoms with E-state index in [9.17, 15) is 9.59 Å². The molecule has 0 saturated carbocycles. The Labute approximate surface area is 137 Å². The fraction of sp³-hybridized carbons (Fsp3) is 0.176. The van der Waals surface area contributed by atoms with Crippen LogP contribution in [0.1, 0.15) is 18.1 Å². The normalized spacial score (nSPS) is 21.1. The quantitative estimate of drug-likeness (QED) is 0.854. The van der Waals surface area contributed by atoms with E-state index in [-0.39, 0.29) is 18.5 Å². The number of carbonyl (C=O) groups excluding carboxylic acids is 2. The fourth-order valence-corrected chi connectivity index (χ4v) is 3.01. The molecular formula is C17H15BrN2O2. The largest absolute Gasteiger partial charge is 0.325 e. The third-order valence-corrected chi connectivity index (χ3v) is 4.69. The number of urea groups is 1. The predicted octanol–water partition coefficient (Wildman–Crippen LogP) is 3.42. The zero-order valence-corrected chi connectivity index (χ0v) is 13.6. The number of halogens is 1. The van der Waals surface area contributed by atoms with Crippen molar-refractivity contribution in [2.75, 3.05) is 0 Å². The first-order chi connectivity index (χ1) is 10.5. The van der Waals surface area contributed by atoms with Crippen molar-refractivity contribution in [3.63, 3.8) is 0 Å². The zero-order chi connectivity index (χ0) is 15.7. The lowest BCUT2D eigenvalue weighted by atomic mass is 9.92. The maximum Gasteiger partial charge on any atom is 0.325 e. The van der Waals surface area contributed by atoms with Crippen molar-refractivity contribution in [2.24, 2.45) is 0 Å². The van der Waals surface area contributed by atoms with Crippen LogP contribution in [0, 0.1) is 0 Å². The molecule has 1 heterocycles. The Morgan fingerprint density at radius 3 is 2.36 bits per heavy atom. The zero-order valence-electron chi connectivity index (χ0n) is 12.0. The van der Waals surface area contributed by atoms with Crippen LogP contribution < -0.4 is 5.32 Å². The van der Waals surface area contributed by atoms with E-state index in [1.54, 1.807) is 6.92 Å². The number of hydrogen-bond acceptors (Lipinski definition) is 2. The lowest BCUT2D eigenvalue weighted by Crippen LogP contribution is -2.40. The van der Waals surface area contributed by atoms with Crippen molar-refractivity contribution >= 4 is 27.9 Å². The lowest BCUT2D eigenvalue weighted by molar-refractivity contribution is -0.131. The number of benzene rings is 2. The molecule has 1 atom stereocenters. The number of hydrogen-bond donors (Lipinski definition) is 1. The van der Waals surface area contributed by atoms with Gasteiger partial charge in [0.2, 0.25) is 0 Å². The van der Waals surface area contributed by atoms with Crippen molar-refractivity contribution < 1.29 is 9.59 Å². The molecule has 0 aromatic heterocycles. The summed E-state index contributed by atoms with van der Waals surface area (Å²) in [4.78, 5) is 26.3. The van der Waals surface area contributed by atoms with Gasteiger partial charge in [-0.3, -0.25) is 9.69 Å². The molecule has 0 spiro atoms. The second kappa shape index (κ2) is 5.57.